The number of carbonyl (C=O) groups excluding carboxylic acids is 1. The molecule has 0 fully saturated rings. The summed E-state index contributed by atoms with van der Waals surface area (Å²) in [6.45, 7) is 14.3. The molecule has 0 saturated carbocycles. The molecule has 2 aromatic carbocycles. The highest BCUT2D eigenvalue weighted by Gasteiger charge is 2.19. The predicted octanol–water partition coefficient (Wildman–Crippen LogP) is 7.00. The molecule has 0 bridgehead atoms. The fourth-order valence-electron chi connectivity index (χ4n) is 3.30. The Morgan fingerprint density at radius 3 is 2.41 bits per heavy atom. The lowest BCUT2D eigenvalue weighted by molar-refractivity contribution is 0.0966. The molecule has 2 aromatic rings. The van der Waals surface area contributed by atoms with Gasteiger partial charge in [-0.05, 0) is 49.3 Å². The SMILES string of the molecule is C=CC(NC1=CCC=C(N)C=C1)S/C(C(=C)c1ccccc1O)=C(\C)NC(=O)c1ccccc1.CCC. The molecule has 5 N–H and O–H groups in total. The number of thioether (sulfide) groups is 1. The van der Waals surface area contributed by atoms with Gasteiger partial charge in [0.1, 0.15) is 5.75 Å². The van der Waals surface area contributed by atoms with Crippen molar-refractivity contribution in [1.29, 1.82) is 0 Å². The fraction of sp³-hybridized carbons (Fsp3) is 0.194. The zero-order valence-corrected chi connectivity index (χ0v) is 22.6. The van der Waals surface area contributed by atoms with E-state index in [1.165, 1.54) is 18.2 Å². The number of amides is 1. The highest BCUT2D eigenvalue weighted by Crippen LogP contribution is 2.38. The Bertz CT molecular complexity index is 1210. The summed E-state index contributed by atoms with van der Waals surface area (Å²) < 4.78 is 0. The first kappa shape index (κ1) is 29.3. The van der Waals surface area contributed by atoms with Gasteiger partial charge in [0, 0.05) is 33.1 Å². The number of allylic oxidation sites excluding steroid dienone is 6. The molecule has 1 unspecified atom stereocenters. The number of aromatic hydroxyl groups is 1. The van der Waals surface area contributed by atoms with Crippen molar-refractivity contribution in [2.45, 2.75) is 39.0 Å². The van der Waals surface area contributed by atoms with Gasteiger partial charge in [-0.1, -0.05) is 93.2 Å². The van der Waals surface area contributed by atoms with E-state index < -0.39 is 0 Å². The van der Waals surface area contributed by atoms with Gasteiger partial charge in [-0.2, -0.15) is 0 Å². The van der Waals surface area contributed by atoms with Crippen LogP contribution in [0.3, 0.4) is 0 Å². The van der Waals surface area contributed by atoms with E-state index in [-0.39, 0.29) is 17.0 Å². The largest absolute Gasteiger partial charge is 0.507 e. The summed E-state index contributed by atoms with van der Waals surface area (Å²) in [4.78, 5) is 13.5. The van der Waals surface area contributed by atoms with Crippen LogP contribution in [0.1, 0.15) is 49.5 Å². The third-order valence-corrected chi connectivity index (χ3v) is 6.45. The second-order valence-corrected chi connectivity index (χ2v) is 9.48. The van der Waals surface area contributed by atoms with E-state index in [1.54, 1.807) is 36.4 Å². The number of hydrogen-bond donors (Lipinski definition) is 4. The first-order chi connectivity index (χ1) is 17.8. The van der Waals surface area contributed by atoms with Crippen LogP contribution in [0.25, 0.3) is 5.57 Å². The Balaban J connectivity index is 0.00000153. The molecule has 1 atom stereocenters. The maximum atomic E-state index is 12.8. The van der Waals surface area contributed by atoms with Crippen molar-refractivity contribution in [3.05, 3.63) is 131 Å². The Morgan fingerprint density at radius 2 is 1.76 bits per heavy atom. The third kappa shape index (κ3) is 9.24. The topological polar surface area (TPSA) is 87.4 Å². The number of para-hydroxylation sites is 1. The zero-order valence-electron chi connectivity index (χ0n) is 21.8. The lowest BCUT2D eigenvalue weighted by Gasteiger charge is -2.22. The number of hydrogen-bond acceptors (Lipinski definition) is 5. The van der Waals surface area contributed by atoms with Crippen LogP contribution in [0.2, 0.25) is 0 Å². The van der Waals surface area contributed by atoms with Gasteiger partial charge in [-0.15, -0.1) is 6.58 Å². The van der Waals surface area contributed by atoms with Crippen molar-refractivity contribution < 1.29 is 9.90 Å². The van der Waals surface area contributed by atoms with Crippen LogP contribution in [0.5, 0.6) is 5.75 Å². The van der Waals surface area contributed by atoms with Crippen molar-refractivity contribution in [2.24, 2.45) is 5.73 Å². The van der Waals surface area contributed by atoms with Crippen LogP contribution in [-0.4, -0.2) is 16.4 Å². The van der Waals surface area contributed by atoms with Crippen molar-refractivity contribution in [3.63, 3.8) is 0 Å². The molecule has 0 heterocycles. The number of phenolic OH excluding ortho intramolecular Hbond substituents is 1. The molecule has 0 saturated heterocycles. The summed E-state index contributed by atoms with van der Waals surface area (Å²) in [5.74, 6) is -0.104. The maximum absolute atomic E-state index is 12.8. The van der Waals surface area contributed by atoms with E-state index in [0.29, 0.717) is 28.1 Å². The maximum Gasteiger partial charge on any atom is 0.255 e. The molecule has 0 aliphatic heterocycles. The van der Waals surface area contributed by atoms with Crippen molar-refractivity contribution in [2.75, 3.05) is 0 Å². The number of benzene rings is 2. The van der Waals surface area contributed by atoms with E-state index in [1.807, 2.05) is 55.5 Å². The molecule has 6 heteroatoms. The van der Waals surface area contributed by atoms with E-state index in [9.17, 15) is 9.90 Å². The summed E-state index contributed by atoms with van der Waals surface area (Å²) in [5, 5.41) is 16.6. The molecule has 37 heavy (non-hydrogen) atoms. The third-order valence-electron chi connectivity index (χ3n) is 5.10. The monoisotopic (exact) mass is 515 g/mol. The molecule has 0 aromatic heterocycles. The Morgan fingerprint density at radius 1 is 1.11 bits per heavy atom. The highest BCUT2D eigenvalue weighted by molar-refractivity contribution is 8.04. The van der Waals surface area contributed by atoms with Gasteiger partial charge in [-0.25, -0.2) is 0 Å². The summed E-state index contributed by atoms with van der Waals surface area (Å²) in [5.41, 5.74) is 9.88. The first-order valence-corrected chi connectivity index (χ1v) is 13.1. The van der Waals surface area contributed by atoms with Crippen LogP contribution in [0.15, 0.2) is 120 Å². The number of nitrogens with one attached hydrogen (secondary N) is 2. The van der Waals surface area contributed by atoms with Crippen LogP contribution in [0, 0.1) is 0 Å². The number of nitrogens with two attached hydrogens (primary N) is 1. The quantitative estimate of drug-likeness (QED) is 0.164. The number of carbonyl (C=O) groups is 1. The molecule has 1 aliphatic rings. The van der Waals surface area contributed by atoms with Gasteiger partial charge in [0.25, 0.3) is 5.91 Å². The Labute approximate surface area is 225 Å². The molecule has 1 aliphatic carbocycles. The average Bonchev–Trinajstić information content (AvgIpc) is 3.10. The zero-order chi connectivity index (χ0) is 27.2. The molecule has 5 nitrogen and oxygen atoms in total. The molecule has 0 radical (unpaired) electrons. The lowest BCUT2D eigenvalue weighted by atomic mass is 10.1. The van der Waals surface area contributed by atoms with Crippen LogP contribution >= 0.6 is 11.8 Å². The van der Waals surface area contributed by atoms with Crippen LogP contribution < -0.4 is 16.4 Å². The molecular weight excluding hydrogens is 478 g/mol. The summed E-state index contributed by atoms with van der Waals surface area (Å²) in [7, 11) is 0. The summed E-state index contributed by atoms with van der Waals surface area (Å²) >= 11 is 1.45. The minimum absolute atomic E-state index is 0.117. The van der Waals surface area contributed by atoms with E-state index in [2.05, 4.69) is 37.6 Å². The average molecular weight is 516 g/mol. The normalized spacial score (nSPS) is 13.9. The first-order valence-electron chi connectivity index (χ1n) is 12.2. The van der Waals surface area contributed by atoms with Gasteiger partial charge in [0.05, 0.1) is 5.37 Å². The van der Waals surface area contributed by atoms with E-state index in [0.717, 1.165) is 17.0 Å². The van der Waals surface area contributed by atoms with Gasteiger partial charge in [-0.3, -0.25) is 4.79 Å². The van der Waals surface area contributed by atoms with Crippen LogP contribution in [0.4, 0.5) is 0 Å². The van der Waals surface area contributed by atoms with Crippen molar-refractivity contribution >= 4 is 23.2 Å². The molecule has 3 rings (SSSR count). The highest BCUT2D eigenvalue weighted by atomic mass is 32.2. The predicted molar refractivity (Wildman–Crippen MR) is 159 cm³/mol. The van der Waals surface area contributed by atoms with E-state index >= 15 is 0 Å². The van der Waals surface area contributed by atoms with E-state index in [4.69, 9.17) is 5.73 Å². The number of rotatable bonds is 9. The van der Waals surface area contributed by atoms with Gasteiger partial charge < -0.3 is 21.5 Å². The Hall–Kier alpha value is -3.90. The van der Waals surface area contributed by atoms with Crippen LogP contribution in [-0.2, 0) is 0 Å². The minimum atomic E-state index is -0.239. The van der Waals surface area contributed by atoms with Gasteiger partial charge in [0.2, 0.25) is 0 Å². The van der Waals surface area contributed by atoms with Crippen molar-refractivity contribution in [3.8, 4) is 5.75 Å². The molecule has 194 valence electrons. The Kier molecular flexibility index (Phi) is 12.1. The summed E-state index contributed by atoms with van der Waals surface area (Å²) in [6.07, 6.45) is 11.5. The van der Waals surface area contributed by atoms with Gasteiger partial charge >= 0.3 is 0 Å². The summed E-state index contributed by atoms with van der Waals surface area (Å²) in [6, 6.07) is 16.0. The van der Waals surface area contributed by atoms with Crippen molar-refractivity contribution in [1.82, 2.24) is 10.6 Å². The second-order valence-electron chi connectivity index (χ2n) is 8.33. The lowest BCUT2D eigenvalue weighted by Crippen LogP contribution is -2.25. The van der Waals surface area contributed by atoms with Gasteiger partial charge in [0.15, 0.2) is 0 Å². The molecule has 0 spiro atoms. The minimum Gasteiger partial charge on any atom is -0.507 e. The second kappa shape index (κ2) is 15.3. The fourth-order valence-corrected chi connectivity index (χ4v) is 4.33. The molecule has 1 amide bonds. The standard InChI is InChI=1S/C28H29N3O2S.C3H8/c1-4-26(31-23-14-10-13-22(29)17-18-23)34-27(19(2)24-15-8-9-16-25(24)32)20(3)30-28(33)21-11-6-5-7-12-21;1-3-2/h4-9,11-18,26,31-32H,1-2,10,29H2,3H3,(H,30,33);3H2,1-2H3/b27-20+;. The number of phenols is 1. The molecular formula is C31H37N3O2S. The smallest absolute Gasteiger partial charge is 0.255 e.